The maximum absolute atomic E-state index is 14.4. The Morgan fingerprint density at radius 2 is 0.685 bits per heavy atom. The van der Waals surface area contributed by atoms with Crippen molar-refractivity contribution in [2.24, 2.45) is 51.2 Å². The maximum Gasteiger partial charge on any atom is 1.00 e. The van der Waals surface area contributed by atoms with Crippen molar-refractivity contribution in [3.63, 3.8) is 0 Å². The summed E-state index contributed by atoms with van der Waals surface area (Å²) in [5.41, 5.74) is 7.11. The Kier molecular flexibility index (Phi) is 54.9. The normalized spacial score (nSPS) is 24.0. The zero-order chi connectivity index (χ0) is 106. The number of allylic oxidation sites excluding steroid dienone is 4. The van der Waals surface area contributed by atoms with Gasteiger partial charge in [-0.05, 0) is 245 Å². The van der Waals surface area contributed by atoms with Crippen LogP contribution < -0.4 is 59.1 Å². The van der Waals surface area contributed by atoms with E-state index in [1.54, 1.807) is 27.7 Å². The molecule has 19 atom stereocenters. The second-order valence-electron chi connectivity index (χ2n) is 42.4. The molecule has 0 saturated carbocycles. The van der Waals surface area contributed by atoms with E-state index < -0.39 is 49.5 Å². The van der Waals surface area contributed by atoms with Crippen LogP contribution in [-0.4, -0.2) is 135 Å². The van der Waals surface area contributed by atoms with Crippen LogP contribution in [0.3, 0.4) is 0 Å². The molecule has 146 heavy (non-hydrogen) atoms. The van der Waals surface area contributed by atoms with E-state index >= 15 is 0 Å². The van der Waals surface area contributed by atoms with Gasteiger partial charge in [0.15, 0.2) is 29.8 Å². The van der Waals surface area contributed by atoms with E-state index in [9.17, 15) is 41.2 Å². The van der Waals surface area contributed by atoms with Crippen LogP contribution in [0, 0.1) is 51.2 Å². The largest absolute Gasteiger partial charge is 1.00 e. The summed E-state index contributed by atoms with van der Waals surface area (Å²) in [6, 6.07) is 63.4. The molecule has 3 fully saturated rings. The summed E-state index contributed by atoms with van der Waals surface area (Å²) >= 11 is 45.4. The maximum atomic E-state index is 14.4. The minimum Gasteiger partial charge on any atom is -0.772 e. The number of halogens is 8. The molecule has 0 bridgehead atoms. The van der Waals surface area contributed by atoms with E-state index in [1.165, 1.54) is 16.7 Å². The van der Waals surface area contributed by atoms with Crippen LogP contribution in [0.5, 0.6) is 0 Å². The molecule has 5 heterocycles. The van der Waals surface area contributed by atoms with Crippen LogP contribution in [0.25, 0.3) is 0 Å². The van der Waals surface area contributed by atoms with Crippen molar-refractivity contribution in [3.05, 3.63) is 329 Å². The Morgan fingerprint density at radius 3 is 0.952 bits per heavy atom. The van der Waals surface area contributed by atoms with Crippen LogP contribution in [0.15, 0.2) is 245 Å². The van der Waals surface area contributed by atoms with Gasteiger partial charge in [-0.2, -0.15) is 4.58 Å². The Balaban J connectivity index is 0.000000327. The number of amides is 3. The Hall–Kier alpha value is -4.83. The predicted octanol–water partition coefficient (Wildman–Crippen LogP) is 24.5. The van der Waals surface area contributed by atoms with Crippen LogP contribution >= 0.6 is 92.8 Å². The van der Waals surface area contributed by atoms with Gasteiger partial charge < -0.3 is 39.1 Å². The average Bonchev–Trinajstić information content (AvgIpc) is 1.74. The molecule has 13 rings (SSSR count). The minimum absolute atomic E-state index is 0. The second-order valence-corrected chi connectivity index (χ2v) is 50.6. The zero-order valence-electron chi connectivity index (χ0n) is 89.4. The van der Waals surface area contributed by atoms with E-state index in [0.717, 1.165) is 87.5 Å². The summed E-state index contributed by atoms with van der Waals surface area (Å²) in [5, 5.41) is 15.3. The van der Waals surface area contributed by atoms with Gasteiger partial charge >= 0.3 is 65.0 Å². The number of rotatable bonds is 33. The molecule has 5 aliphatic rings. The van der Waals surface area contributed by atoms with Crippen molar-refractivity contribution in [3.8, 4) is 0 Å². The summed E-state index contributed by atoms with van der Waals surface area (Å²) < 4.78 is 66.1. The molecule has 29 heteroatoms. The molecule has 8 aromatic rings. The van der Waals surface area contributed by atoms with E-state index in [0.29, 0.717) is 81.0 Å². The first kappa shape index (κ1) is 132. The number of benzene rings is 8. The van der Waals surface area contributed by atoms with E-state index in [2.05, 4.69) is 172 Å². The molecule has 5 aliphatic heterocycles. The standard InChI is InChI=1S/C30H39Cl2NO.C29H37Cl2NO3S.C26H31Cl2NO2.C26H30Cl2NO.2C3H8O2S.2Na.H2O/c1-7-17-30(6)19-26(23-9-8-10-25(32)18-23)28(22-12-14-24(31)15-13-22)33(29(30)34)27(21(4)5)16-11-20(2)3;1-7-15-29(6)17-25(22-9-8-10-24(31)16-22)27(21-11-13-23(30)14-12-21)32(28(29)33)26(19(2)3)18-35-36(34)20(4)5;1-5-13-26(4)15-22(19-7-6-8-21(28)14-19)24(18-9-11-20(27)12-10-18)29(25(26)31)23(16-30)17(2)3;1-5-13-26(4)15-22(19-7-6-8-21(28)14-19)24(18-9-11-20(27)12-10-18)29-23(17(2)3)16-30-25(26)29;2*1-3(2)6(4)5;;;/h7-10,12-15,18,20-21,26-28H,1,11,16-17,19H2,2-6H3;7-14,16,19-20,25-27H,1,15,17-18H2,2-6H3;5-12,14,17,22-24,30H,1,13,15-16H2,2-4H3;5-12,14,17,22-24H,1,13,15-16H2,2-4H3;2*3H,1-2H3,(H,4,5);;;1H2/q;;;+1;;;2*+1;/p-2/t26-,27-,28?,30+;25-,26-,27?,29+,36?;2*22-,23-,24?,26+;;;;;/m1111...../s1. The Labute approximate surface area is 964 Å². The van der Waals surface area contributed by atoms with Crippen molar-refractivity contribution in [2.45, 2.75) is 290 Å². The number of carbonyl (C=O) groups is 3. The third-order valence-electron chi connectivity index (χ3n) is 28.4. The first-order valence-electron chi connectivity index (χ1n) is 49.9. The molecule has 16 nitrogen and oxygen atoms in total. The number of hydrogen-bond donors (Lipinski definition) is 1. The van der Waals surface area contributed by atoms with E-state index in [4.69, 9.17) is 102 Å². The van der Waals surface area contributed by atoms with Crippen molar-refractivity contribution in [1.29, 1.82) is 0 Å². The van der Waals surface area contributed by atoms with Crippen molar-refractivity contribution >= 4 is 150 Å². The van der Waals surface area contributed by atoms with Gasteiger partial charge in [0.05, 0.1) is 76.3 Å². The fourth-order valence-electron chi connectivity index (χ4n) is 20.8. The van der Waals surface area contributed by atoms with Gasteiger partial charge in [0, 0.05) is 86.0 Å². The number of aliphatic hydroxyl groups excluding tert-OH is 1. The third-order valence-corrected chi connectivity index (χ3v) is 33.0. The fraction of sp³-hybridized carbons (Fsp3) is 0.487. The quantitative estimate of drug-likeness (QED) is 0.0176. The Bertz CT molecular complexity index is 5630. The molecule has 0 spiro atoms. The summed E-state index contributed by atoms with van der Waals surface area (Å²) in [7, 11) is 0. The van der Waals surface area contributed by atoms with E-state index in [1.807, 2.05) is 203 Å². The zero-order valence-corrected chi connectivity index (χ0v) is 102. The second kappa shape index (κ2) is 60.9. The van der Waals surface area contributed by atoms with Crippen LogP contribution in [0.1, 0.15) is 295 Å². The number of piperidine rings is 3. The van der Waals surface area contributed by atoms with E-state index in [-0.39, 0.29) is 194 Å². The van der Waals surface area contributed by atoms with Gasteiger partial charge in [0.25, 0.3) is 0 Å². The smallest absolute Gasteiger partial charge is 0.772 e. The number of likely N-dealkylation sites (tertiary alicyclic amines) is 3. The molecule has 3 N–H and O–H groups in total. The summed E-state index contributed by atoms with van der Waals surface area (Å²) in [4.78, 5) is 48.8. The van der Waals surface area contributed by atoms with Crippen molar-refractivity contribution < 1.29 is 119 Å². The SMILES string of the molecule is C=CC[C@@]1(C)C[C@H](c2cccc(Cl)c2)C(c2ccc(Cl)cc2)N([C@H](CCC(C)C)C(C)C)C1=O.C=CC[C@@]1(C)C[C@H](c2cccc(Cl)c2)C(c2ccc(Cl)cc2)N([C@H](CO)C(C)C)C1=O.C=CC[C@@]1(C)C[C@H](c2cccc(Cl)c2)C(c2ccc(Cl)cc2)N([C@H](COS(=O)C(C)C)C(C)C)C1=O.C=CC[C@@]1(C)C[C@H](c2cccc(Cl)c2)C(c2ccc(Cl)cc2)[N+]2=C1OC[C@@H]2C(C)C.CC(C)S(=O)[O-].CC(C)S(=O)[O-].O.[Na+].[Na+]. The van der Waals surface area contributed by atoms with Gasteiger partial charge in [-0.1, -0.05) is 354 Å². The monoisotopic (exact) mass is 2230 g/mol. The third kappa shape index (κ3) is 34.8. The van der Waals surface area contributed by atoms with Crippen LogP contribution in [-0.2, 0) is 56.5 Å². The average molecular weight is 2230 g/mol. The number of nitrogens with zero attached hydrogens (tertiary/aromatic N) is 4. The molecule has 3 saturated heterocycles. The molecule has 0 aliphatic carbocycles. The molecule has 8 aromatic carbocycles. The molecule has 0 aromatic heterocycles. The van der Waals surface area contributed by atoms with Gasteiger partial charge in [0.2, 0.25) is 17.7 Å². The number of aliphatic hydroxyl groups is 1. The topological polar surface area (TPSA) is 231 Å². The van der Waals surface area contributed by atoms with Gasteiger partial charge in [0.1, 0.15) is 0 Å². The van der Waals surface area contributed by atoms with Gasteiger partial charge in [-0.25, -0.2) is 4.21 Å². The summed E-state index contributed by atoms with van der Waals surface area (Å²) in [6.45, 7) is 57.2. The molecule has 7 unspecified atom stereocenters. The molecular weight excluding hydrogens is 2080 g/mol. The molecule has 788 valence electrons. The summed E-state index contributed by atoms with van der Waals surface area (Å²) in [5.74, 6) is 3.38. The van der Waals surface area contributed by atoms with Crippen molar-refractivity contribution in [2.75, 3.05) is 19.8 Å². The Morgan fingerprint density at radius 1 is 0.404 bits per heavy atom. The molecule has 3 amide bonds. The van der Waals surface area contributed by atoms with Gasteiger partial charge in [-0.15, -0.1) is 26.3 Å². The number of hydrogen-bond acceptors (Lipinski definition) is 11. The minimum atomic E-state index is -1.87. The van der Waals surface area contributed by atoms with Gasteiger partial charge in [-0.3, -0.25) is 27.0 Å². The molecule has 0 radical (unpaired) electrons. The predicted molar refractivity (Wildman–Crippen MR) is 602 cm³/mol. The number of carbonyl (C=O) groups excluding carboxylic acids is 3. The first-order chi connectivity index (χ1) is 67.4. The summed E-state index contributed by atoms with van der Waals surface area (Å²) in [6.07, 6.45) is 15.3. The van der Waals surface area contributed by atoms with Crippen LogP contribution in [0.2, 0.25) is 40.2 Å². The fourth-order valence-corrected chi connectivity index (χ4v) is 22.6. The van der Waals surface area contributed by atoms with Crippen molar-refractivity contribution in [1.82, 2.24) is 14.7 Å². The molecular formula is C117H153Cl8N4Na2O12S3+. The van der Waals surface area contributed by atoms with Crippen LogP contribution in [0.4, 0.5) is 0 Å². The first-order valence-corrected chi connectivity index (χ1v) is 56.4. The number of ether oxygens (including phenoxy) is 1.